The highest BCUT2D eigenvalue weighted by Gasteiger charge is 2.03. The van der Waals surface area contributed by atoms with Crippen molar-refractivity contribution in [2.45, 2.75) is 181 Å². The normalized spacial score (nSPS) is 11.3. The van der Waals surface area contributed by atoms with E-state index in [9.17, 15) is 0 Å². The molecule has 1 aromatic heterocycles. The summed E-state index contributed by atoms with van der Waals surface area (Å²) < 4.78 is 0. The molecule has 0 aliphatic rings. The van der Waals surface area contributed by atoms with Crippen molar-refractivity contribution in [3.8, 4) is 11.4 Å². The van der Waals surface area contributed by atoms with E-state index < -0.39 is 0 Å². The highest BCUT2D eigenvalue weighted by atomic mass is 14.9. The molecule has 2 rings (SSSR count). The van der Waals surface area contributed by atoms with E-state index in [1.54, 1.807) is 0 Å². The van der Waals surface area contributed by atoms with Crippen LogP contribution in [0.25, 0.3) is 11.4 Å². The zero-order chi connectivity index (χ0) is 28.4. The van der Waals surface area contributed by atoms with Crippen LogP contribution in [0.3, 0.4) is 0 Å². The fourth-order valence-corrected chi connectivity index (χ4v) is 5.79. The molecule has 2 nitrogen and oxygen atoms in total. The molecule has 0 atom stereocenters. The molecule has 40 heavy (non-hydrogen) atoms. The van der Waals surface area contributed by atoms with Gasteiger partial charge in [-0.2, -0.15) is 0 Å². The van der Waals surface area contributed by atoms with E-state index in [0.717, 1.165) is 17.8 Å². The van der Waals surface area contributed by atoms with Gasteiger partial charge >= 0.3 is 0 Å². The van der Waals surface area contributed by atoms with Crippen LogP contribution >= 0.6 is 0 Å². The molecule has 0 N–H and O–H groups in total. The Morgan fingerprint density at radius 3 is 1.07 bits per heavy atom. The van der Waals surface area contributed by atoms with Gasteiger partial charge in [-0.05, 0) is 36.8 Å². The molecule has 0 amide bonds. The number of rotatable bonds is 27. The van der Waals surface area contributed by atoms with Gasteiger partial charge in [-0.25, -0.2) is 9.97 Å². The number of hydrogen-bond acceptors (Lipinski definition) is 2. The van der Waals surface area contributed by atoms with Crippen molar-refractivity contribution in [2.75, 3.05) is 0 Å². The maximum absolute atomic E-state index is 4.68. The molecule has 0 fully saturated rings. The largest absolute Gasteiger partial charge is 0.236 e. The SMILES string of the molecule is CCCCCCCCCCCCCCCc1cnc(-c2ccc(CCCCCCCCCCCCC)cc2)nc1. The summed E-state index contributed by atoms with van der Waals surface area (Å²) in [6, 6.07) is 8.96. The number of benzene rings is 1. The van der Waals surface area contributed by atoms with Crippen LogP contribution in [0.2, 0.25) is 0 Å². The first-order valence-corrected chi connectivity index (χ1v) is 17.7. The van der Waals surface area contributed by atoms with Crippen LogP contribution in [0.1, 0.15) is 179 Å². The smallest absolute Gasteiger partial charge is 0.159 e. The zero-order valence-corrected chi connectivity index (χ0v) is 26.7. The van der Waals surface area contributed by atoms with Crippen molar-refractivity contribution in [2.24, 2.45) is 0 Å². The third-order valence-electron chi connectivity index (χ3n) is 8.56. The topological polar surface area (TPSA) is 25.8 Å². The number of hydrogen-bond donors (Lipinski definition) is 0. The van der Waals surface area contributed by atoms with Crippen LogP contribution < -0.4 is 0 Å². The van der Waals surface area contributed by atoms with Gasteiger partial charge in [-0.1, -0.05) is 179 Å². The van der Waals surface area contributed by atoms with Crippen molar-refractivity contribution in [1.29, 1.82) is 0 Å². The molecule has 0 saturated heterocycles. The number of nitrogens with zero attached hydrogens (tertiary/aromatic N) is 2. The van der Waals surface area contributed by atoms with E-state index in [-0.39, 0.29) is 0 Å². The van der Waals surface area contributed by atoms with Crippen molar-refractivity contribution in [3.63, 3.8) is 0 Å². The van der Waals surface area contributed by atoms with Gasteiger partial charge in [0, 0.05) is 18.0 Å². The Labute approximate surface area is 249 Å². The summed E-state index contributed by atoms with van der Waals surface area (Å²) in [5, 5.41) is 0. The van der Waals surface area contributed by atoms with E-state index in [1.165, 1.54) is 172 Å². The molecule has 0 spiro atoms. The lowest BCUT2D eigenvalue weighted by atomic mass is 10.0. The predicted octanol–water partition coefficient (Wildman–Crippen LogP) is 12.6. The molecule has 0 radical (unpaired) electrons. The third kappa shape index (κ3) is 17.9. The quantitative estimate of drug-likeness (QED) is 0.104. The molecule has 226 valence electrons. The standard InChI is InChI=1S/C38H64N2/c1-3-5-7-9-11-13-15-16-18-20-22-24-26-28-36-33-39-38(40-34-36)37-31-29-35(30-32-37)27-25-23-21-19-17-14-12-10-8-6-4-2/h29-34H,3-28H2,1-2H3. The molecule has 0 saturated carbocycles. The summed E-state index contributed by atoms with van der Waals surface area (Å²) in [5.41, 5.74) is 3.86. The molecular formula is C38H64N2. The van der Waals surface area contributed by atoms with Crippen molar-refractivity contribution in [1.82, 2.24) is 9.97 Å². The lowest BCUT2D eigenvalue weighted by molar-refractivity contribution is 0.539. The van der Waals surface area contributed by atoms with Gasteiger partial charge in [-0.3, -0.25) is 0 Å². The summed E-state index contributed by atoms with van der Waals surface area (Å²) in [4.78, 5) is 9.36. The summed E-state index contributed by atoms with van der Waals surface area (Å²) in [7, 11) is 0. The van der Waals surface area contributed by atoms with Crippen LogP contribution in [-0.2, 0) is 12.8 Å². The van der Waals surface area contributed by atoms with Gasteiger partial charge in [-0.15, -0.1) is 0 Å². The van der Waals surface area contributed by atoms with Gasteiger partial charge in [0.1, 0.15) is 0 Å². The maximum atomic E-state index is 4.68. The minimum Gasteiger partial charge on any atom is -0.236 e. The monoisotopic (exact) mass is 549 g/mol. The highest BCUT2D eigenvalue weighted by molar-refractivity contribution is 5.55. The Bertz CT molecular complexity index is 795. The first-order chi connectivity index (χ1) is 19.8. The van der Waals surface area contributed by atoms with Crippen LogP contribution in [-0.4, -0.2) is 9.97 Å². The van der Waals surface area contributed by atoms with Crippen LogP contribution in [0, 0.1) is 0 Å². The molecule has 2 heteroatoms. The van der Waals surface area contributed by atoms with Gasteiger partial charge in [0.25, 0.3) is 0 Å². The van der Waals surface area contributed by atoms with E-state index in [0.29, 0.717) is 0 Å². The van der Waals surface area contributed by atoms with Gasteiger partial charge in [0.05, 0.1) is 0 Å². The summed E-state index contributed by atoms with van der Waals surface area (Å²) in [6.07, 6.45) is 40.1. The fourth-order valence-electron chi connectivity index (χ4n) is 5.79. The number of aromatic nitrogens is 2. The molecule has 0 unspecified atom stereocenters. The summed E-state index contributed by atoms with van der Waals surface area (Å²) >= 11 is 0. The van der Waals surface area contributed by atoms with Crippen LogP contribution in [0.5, 0.6) is 0 Å². The lowest BCUT2D eigenvalue weighted by Crippen LogP contribution is -1.94. The molecule has 1 heterocycles. The Hall–Kier alpha value is -1.70. The first kappa shape index (κ1) is 34.5. The molecule has 1 aromatic carbocycles. The number of unbranched alkanes of at least 4 members (excludes halogenated alkanes) is 22. The van der Waals surface area contributed by atoms with Gasteiger partial charge < -0.3 is 0 Å². The van der Waals surface area contributed by atoms with E-state index in [1.807, 2.05) is 12.4 Å². The minimum absolute atomic E-state index is 0.857. The average molecular weight is 549 g/mol. The minimum atomic E-state index is 0.857. The molecule has 0 bridgehead atoms. The molecular weight excluding hydrogens is 484 g/mol. The lowest BCUT2D eigenvalue weighted by Gasteiger charge is -2.06. The Balaban J connectivity index is 1.47. The second-order valence-corrected chi connectivity index (χ2v) is 12.4. The Morgan fingerprint density at radius 2 is 0.700 bits per heavy atom. The maximum Gasteiger partial charge on any atom is 0.159 e. The highest BCUT2D eigenvalue weighted by Crippen LogP contribution is 2.19. The fraction of sp³-hybridized carbons (Fsp3) is 0.737. The first-order valence-electron chi connectivity index (χ1n) is 17.7. The molecule has 0 aliphatic heterocycles. The average Bonchev–Trinajstić information content (AvgIpc) is 2.99. The van der Waals surface area contributed by atoms with Crippen molar-refractivity contribution >= 4 is 0 Å². The summed E-state index contributed by atoms with van der Waals surface area (Å²) in [6.45, 7) is 4.59. The van der Waals surface area contributed by atoms with Gasteiger partial charge in [0.2, 0.25) is 0 Å². The third-order valence-corrected chi connectivity index (χ3v) is 8.56. The van der Waals surface area contributed by atoms with Crippen molar-refractivity contribution in [3.05, 3.63) is 47.8 Å². The Morgan fingerprint density at radius 1 is 0.375 bits per heavy atom. The number of aryl methyl sites for hydroxylation is 2. The zero-order valence-electron chi connectivity index (χ0n) is 26.7. The van der Waals surface area contributed by atoms with Crippen LogP contribution in [0.4, 0.5) is 0 Å². The molecule has 0 aliphatic carbocycles. The van der Waals surface area contributed by atoms with Crippen LogP contribution in [0.15, 0.2) is 36.7 Å². The van der Waals surface area contributed by atoms with E-state index >= 15 is 0 Å². The molecule has 2 aromatic rings. The van der Waals surface area contributed by atoms with E-state index in [2.05, 4.69) is 48.1 Å². The predicted molar refractivity (Wildman–Crippen MR) is 177 cm³/mol. The second-order valence-electron chi connectivity index (χ2n) is 12.4. The van der Waals surface area contributed by atoms with Crippen molar-refractivity contribution < 1.29 is 0 Å². The Kier molecular flexibility index (Phi) is 21.6. The van der Waals surface area contributed by atoms with E-state index in [4.69, 9.17) is 0 Å². The second kappa shape index (κ2) is 25.0. The van der Waals surface area contributed by atoms with Gasteiger partial charge in [0.15, 0.2) is 5.82 Å². The summed E-state index contributed by atoms with van der Waals surface area (Å²) in [5.74, 6) is 0.857.